The minimum atomic E-state index is -4.60. The minimum absolute atomic E-state index is 0.107. The lowest BCUT2D eigenvalue weighted by molar-refractivity contribution is -0.137. The van der Waals surface area contributed by atoms with Gasteiger partial charge in [-0.15, -0.1) is 0 Å². The Bertz CT molecular complexity index is 1090. The Morgan fingerprint density at radius 2 is 2.06 bits per heavy atom. The van der Waals surface area contributed by atoms with Crippen LogP contribution in [0.2, 0.25) is 0 Å². The molecule has 180 valence electrons. The zero-order chi connectivity index (χ0) is 23.9. The molecule has 0 spiro atoms. The number of nitriles is 1. The Hall–Kier alpha value is -2.99. The van der Waals surface area contributed by atoms with E-state index in [2.05, 4.69) is 0 Å². The standard InChI is InChI=1S/C25H26F3N3O3/c26-25(27,28)22-9-21(4-3-18(22)10-29)31-11-20-5-7-30(23(32)19-6-8-33-13-19)14-24(20,15-31)16-34-12-17-1-2-17/h3-4,6,8-9,13,17,20H,1-2,5,7,11-12,14-16H2/t20-,24+/m0/s1. The Labute approximate surface area is 195 Å². The summed E-state index contributed by atoms with van der Waals surface area (Å²) < 4.78 is 51.9. The molecule has 9 heteroatoms. The van der Waals surface area contributed by atoms with E-state index in [0.717, 1.165) is 12.5 Å². The van der Waals surface area contributed by atoms with Crippen LogP contribution in [0.5, 0.6) is 0 Å². The number of nitrogens with zero attached hydrogens (tertiary/aromatic N) is 3. The maximum atomic E-state index is 13.6. The summed E-state index contributed by atoms with van der Waals surface area (Å²) in [5, 5.41) is 9.13. The van der Waals surface area contributed by atoms with Crippen molar-refractivity contribution in [1.82, 2.24) is 4.90 Å². The zero-order valence-electron chi connectivity index (χ0n) is 18.7. The van der Waals surface area contributed by atoms with Gasteiger partial charge in [-0.2, -0.15) is 18.4 Å². The number of alkyl halides is 3. The van der Waals surface area contributed by atoms with E-state index in [-0.39, 0.29) is 22.8 Å². The van der Waals surface area contributed by atoms with E-state index in [4.69, 9.17) is 14.4 Å². The Kier molecular flexibility index (Phi) is 5.80. The van der Waals surface area contributed by atoms with Crippen LogP contribution >= 0.6 is 0 Å². The van der Waals surface area contributed by atoms with Crippen LogP contribution in [0.25, 0.3) is 0 Å². The van der Waals surface area contributed by atoms with Crippen molar-refractivity contribution in [3.63, 3.8) is 0 Å². The third kappa shape index (κ3) is 4.39. The molecule has 0 bridgehead atoms. The van der Waals surface area contributed by atoms with Crippen molar-refractivity contribution in [2.75, 3.05) is 44.3 Å². The molecule has 2 aromatic rings. The summed E-state index contributed by atoms with van der Waals surface area (Å²) in [7, 11) is 0. The number of halogens is 3. The molecule has 1 aromatic carbocycles. The highest BCUT2D eigenvalue weighted by Crippen LogP contribution is 2.45. The maximum absolute atomic E-state index is 13.6. The number of anilines is 1. The monoisotopic (exact) mass is 473 g/mol. The first-order chi connectivity index (χ1) is 16.3. The van der Waals surface area contributed by atoms with E-state index in [1.807, 2.05) is 9.80 Å². The van der Waals surface area contributed by atoms with Crippen molar-refractivity contribution in [3.8, 4) is 6.07 Å². The van der Waals surface area contributed by atoms with Crippen LogP contribution in [0.1, 0.15) is 40.7 Å². The van der Waals surface area contributed by atoms with Gasteiger partial charge in [0, 0.05) is 43.9 Å². The number of likely N-dealkylation sites (tertiary alicyclic amines) is 1. The number of hydrogen-bond acceptors (Lipinski definition) is 5. The topological polar surface area (TPSA) is 69.7 Å². The number of ether oxygens (including phenoxy) is 1. The van der Waals surface area contributed by atoms with E-state index in [9.17, 15) is 18.0 Å². The average molecular weight is 473 g/mol. The first-order valence-electron chi connectivity index (χ1n) is 11.5. The first kappa shape index (κ1) is 22.8. The van der Waals surface area contributed by atoms with Gasteiger partial charge in [-0.1, -0.05) is 0 Å². The molecule has 3 fully saturated rings. The number of carbonyl (C=O) groups excluding carboxylic acids is 1. The highest BCUT2D eigenvalue weighted by Gasteiger charge is 2.51. The molecule has 0 unspecified atom stereocenters. The summed E-state index contributed by atoms with van der Waals surface area (Å²) in [6.45, 7) is 3.27. The Balaban J connectivity index is 1.40. The second-order valence-electron chi connectivity index (χ2n) is 9.77. The number of furan rings is 1. The van der Waals surface area contributed by atoms with Gasteiger partial charge in [-0.3, -0.25) is 4.79 Å². The molecule has 1 amide bonds. The van der Waals surface area contributed by atoms with Crippen LogP contribution in [0.4, 0.5) is 18.9 Å². The predicted molar refractivity (Wildman–Crippen MR) is 117 cm³/mol. The number of amides is 1. The van der Waals surface area contributed by atoms with Crippen molar-refractivity contribution in [1.29, 1.82) is 5.26 Å². The molecular formula is C25H26F3N3O3. The third-order valence-electron chi connectivity index (χ3n) is 7.36. The number of carbonyl (C=O) groups is 1. The fraction of sp³-hybridized carbons (Fsp3) is 0.520. The molecule has 1 aliphatic carbocycles. The van der Waals surface area contributed by atoms with Gasteiger partial charge in [0.2, 0.25) is 0 Å². The highest BCUT2D eigenvalue weighted by molar-refractivity contribution is 5.94. The SMILES string of the molecule is N#Cc1ccc(N2C[C@@H]3CCN(C(=O)c4ccoc4)C[C@]3(COCC3CC3)C2)cc1C(F)(F)F. The van der Waals surface area contributed by atoms with Crippen LogP contribution in [0.3, 0.4) is 0 Å². The maximum Gasteiger partial charge on any atom is 0.417 e. The van der Waals surface area contributed by atoms with E-state index in [0.29, 0.717) is 56.6 Å². The van der Waals surface area contributed by atoms with Crippen LogP contribution in [0, 0.1) is 28.6 Å². The minimum Gasteiger partial charge on any atom is -0.472 e. The third-order valence-corrected chi connectivity index (χ3v) is 7.36. The van der Waals surface area contributed by atoms with Gasteiger partial charge in [0.25, 0.3) is 5.91 Å². The molecule has 6 nitrogen and oxygen atoms in total. The van der Waals surface area contributed by atoms with Crippen LogP contribution in [0.15, 0.2) is 41.2 Å². The molecule has 0 N–H and O–H groups in total. The second kappa shape index (κ2) is 8.66. The summed E-state index contributed by atoms with van der Waals surface area (Å²) in [6, 6.07) is 7.18. The molecule has 3 heterocycles. The molecule has 1 aromatic heterocycles. The van der Waals surface area contributed by atoms with Gasteiger partial charge in [0.1, 0.15) is 6.26 Å². The van der Waals surface area contributed by atoms with Gasteiger partial charge in [0.15, 0.2) is 0 Å². The number of hydrogen-bond donors (Lipinski definition) is 0. The number of rotatable bonds is 6. The van der Waals surface area contributed by atoms with Crippen molar-refractivity contribution >= 4 is 11.6 Å². The van der Waals surface area contributed by atoms with Gasteiger partial charge in [0.05, 0.1) is 35.6 Å². The molecule has 0 radical (unpaired) electrons. The predicted octanol–water partition coefficient (Wildman–Crippen LogP) is 4.57. The Morgan fingerprint density at radius 1 is 1.24 bits per heavy atom. The van der Waals surface area contributed by atoms with Crippen LogP contribution < -0.4 is 4.90 Å². The van der Waals surface area contributed by atoms with Gasteiger partial charge >= 0.3 is 6.18 Å². The summed E-state index contributed by atoms with van der Waals surface area (Å²) >= 11 is 0. The summed E-state index contributed by atoms with van der Waals surface area (Å²) in [4.78, 5) is 16.8. The fourth-order valence-electron chi connectivity index (χ4n) is 5.30. The molecule has 2 aliphatic heterocycles. The molecule has 5 rings (SSSR count). The lowest BCUT2D eigenvalue weighted by Gasteiger charge is -2.43. The zero-order valence-corrected chi connectivity index (χ0v) is 18.7. The van der Waals surface area contributed by atoms with Crippen LogP contribution in [-0.2, 0) is 10.9 Å². The molecule has 2 atom stereocenters. The summed E-state index contributed by atoms with van der Waals surface area (Å²) in [5.41, 5.74) is -0.747. The second-order valence-corrected chi connectivity index (χ2v) is 9.77. The lowest BCUT2D eigenvalue weighted by atomic mass is 9.73. The van der Waals surface area contributed by atoms with Gasteiger partial charge in [-0.05, 0) is 55.4 Å². The highest BCUT2D eigenvalue weighted by atomic mass is 19.4. The average Bonchev–Trinajstić information content (AvgIpc) is 3.32. The quantitative estimate of drug-likeness (QED) is 0.615. The van der Waals surface area contributed by atoms with E-state index < -0.39 is 11.7 Å². The Morgan fingerprint density at radius 3 is 2.74 bits per heavy atom. The van der Waals surface area contributed by atoms with Crippen molar-refractivity contribution in [2.24, 2.45) is 17.3 Å². The molecule has 34 heavy (non-hydrogen) atoms. The van der Waals surface area contributed by atoms with Crippen molar-refractivity contribution in [3.05, 3.63) is 53.5 Å². The molecule has 1 saturated carbocycles. The molecule has 2 saturated heterocycles. The fourth-order valence-corrected chi connectivity index (χ4v) is 5.30. The van der Waals surface area contributed by atoms with Crippen molar-refractivity contribution in [2.45, 2.75) is 25.4 Å². The van der Waals surface area contributed by atoms with Gasteiger partial charge < -0.3 is 19.0 Å². The summed E-state index contributed by atoms with van der Waals surface area (Å²) in [6.07, 6.45) is 1.37. The molecule has 3 aliphatic rings. The smallest absolute Gasteiger partial charge is 0.417 e. The largest absolute Gasteiger partial charge is 0.472 e. The van der Waals surface area contributed by atoms with Crippen molar-refractivity contribution < 1.29 is 27.1 Å². The van der Waals surface area contributed by atoms with E-state index in [1.54, 1.807) is 18.2 Å². The summed E-state index contributed by atoms with van der Waals surface area (Å²) in [5.74, 6) is 0.669. The first-order valence-corrected chi connectivity index (χ1v) is 11.5. The van der Waals surface area contributed by atoms with E-state index in [1.165, 1.54) is 31.4 Å². The molecular weight excluding hydrogens is 447 g/mol. The number of fused-ring (bicyclic) bond motifs is 1. The van der Waals surface area contributed by atoms with Crippen LogP contribution in [-0.4, -0.2) is 50.2 Å². The van der Waals surface area contributed by atoms with Gasteiger partial charge in [-0.25, -0.2) is 0 Å². The number of benzene rings is 1. The van der Waals surface area contributed by atoms with E-state index >= 15 is 0 Å². The number of piperidine rings is 1. The normalized spacial score (nSPS) is 24.7. The lowest BCUT2D eigenvalue weighted by Crippen LogP contribution is -2.53.